The molecular weight excluding hydrogens is 300 g/mol. The fourth-order valence-corrected chi connectivity index (χ4v) is 3.19. The maximum atomic E-state index is 5.79. The molecule has 6 heteroatoms. The Morgan fingerprint density at radius 3 is 3.08 bits per heavy atom. The Kier molecular flexibility index (Phi) is 3.59. The van der Waals surface area contributed by atoms with Crippen molar-refractivity contribution in [3.8, 4) is 0 Å². The fourth-order valence-electron chi connectivity index (χ4n) is 3.19. The molecule has 1 unspecified atom stereocenters. The fraction of sp³-hybridized carbons (Fsp3) is 0.167. The van der Waals surface area contributed by atoms with Crippen LogP contribution in [0.4, 0.5) is 5.82 Å². The first-order chi connectivity index (χ1) is 11.8. The summed E-state index contributed by atoms with van der Waals surface area (Å²) in [5.74, 6) is 1.03. The van der Waals surface area contributed by atoms with Crippen LogP contribution in [0, 0.1) is 0 Å². The van der Waals surface area contributed by atoms with E-state index in [4.69, 9.17) is 11.5 Å². The number of nitrogens with two attached hydrogens (primary N) is 2. The van der Waals surface area contributed by atoms with Crippen molar-refractivity contribution in [1.29, 1.82) is 0 Å². The monoisotopic (exact) mass is 320 g/mol. The highest BCUT2D eigenvalue weighted by atomic mass is 15.0. The van der Waals surface area contributed by atoms with Gasteiger partial charge in [0.1, 0.15) is 5.82 Å². The highest BCUT2D eigenvalue weighted by molar-refractivity contribution is 5.75. The van der Waals surface area contributed by atoms with Crippen LogP contribution < -0.4 is 32.7 Å². The van der Waals surface area contributed by atoms with Gasteiger partial charge >= 0.3 is 0 Å². The molecule has 7 N–H and O–H groups in total. The minimum absolute atomic E-state index is 0.101. The third-order valence-electron chi connectivity index (χ3n) is 4.50. The van der Waals surface area contributed by atoms with E-state index in [0.717, 1.165) is 33.4 Å². The molecule has 0 fully saturated rings. The molecule has 24 heavy (non-hydrogen) atoms. The van der Waals surface area contributed by atoms with Crippen LogP contribution in [0.25, 0.3) is 18.4 Å². The van der Waals surface area contributed by atoms with Crippen LogP contribution in [-0.2, 0) is 0 Å². The van der Waals surface area contributed by atoms with E-state index in [9.17, 15) is 0 Å². The summed E-state index contributed by atoms with van der Waals surface area (Å²) in [6.45, 7) is 1.15. The molecule has 6 nitrogen and oxygen atoms in total. The molecule has 4 heterocycles. The molecule has 0 saturated carbocycles. The molecule has 1 atom stereocenters. The van der Waals surface area contributed by atoms with Crippen LogP contribution in [0.3, 0.4) is 0 Å². The first kappa shape index (κ1) is 14.6. The molecule has 0 saturated heterocycles. The Bertz CT molecular complexity index is 936. The molecule has 2 aromatic heterocycles. The number of hydrogen-bond acceptors (Lipinski definition) is 5. The maximum absolute atomic E-state index is 5.79. The number of rotatable bonds is 3. The number of pyridine rings is 1. The molecule has 2 aliphatic heterocycles. The van der Waals surface area contributed by atoms with E-state index in [2.05, 4.69) is 38.8 Å². The highest BCUT2D eigenvalue weighted by Crippen LogP contribution is 2.23. The van der Waals surface area contributed by atoms with E-state index >= 15 is 0 Å². The van der Waals surface area contributed by atoms with Gasteiger partial charge < -0.3 is 27.1 Å². The quantitative estimate of drug-likeness (QED) is 0.542. The topological polar surface area (TPSA) is 105 Å². The zero-order valence-electron chi connectivity index (χ0n) is 13.2. The van der Waals surface area contributed by atoms with Gasteiger partial charge in [0, 0.05) is 42.5 Å². The average molecular weight is 320 g/mol. The molecule has 2 aromatic rings. The summed E-state index contributed by atoms with van der Waals surface area (Å²) in [6, 6.07) is 4.12. The van der Waals surface area contributed by atoms with Crippen LogP contribution >= 0.6 is 0 Å². The summed E-state index contributed by atoms with van der Waals surface area (Å²) in [5, 5.41) is 9.07. The predicted octanol–water partition coefficient (Wildman–Crippen LogP) is -0.117. The molecule has 2 aliphatic rings. The third-order valence-corrected chi connectivity index (χ3v) is 4.50. The number of nitrogens with one attached hydrogen (secondary N) is 3. The van der Waals surface area contributed by atoms with Crippen molar-refractivity contribution in [2.45, 2.75) is 6.04 Å². The molecule has 0 aliphatic carbocycles. The van der Waals surface area contributed by atoms with Gasteiger partial charge in [0.05, 0.1) is 11.4 Å². The minimum Gasteiger partial charge on any atom is -0.404 e. The van der Waals surface area contributed by atoms with Crippen molar-refractivity contribution < 1.29 is 0 Å². The second kappa shape index (κ2) is 5.90. The lowest BCUT2D eigenvalue weighted by Crippen LogP contribution is -2.34. The van der Waals surface area contributed by atoms with E-state index in [-0.39, 0.29) is 6.04 Å². The Balaban J connectivity index is 1.82. The van der Waals surface area contributed by atoms with Gasteiger partial charge in [-0.2, -0.15) is 0 Å². The van der Waals surface area contributed by atoms with Gasteiger partial charge in [0.15, 0.2) is 0 Å². The summed E-state index contributed by atoms with van der Waals surface area (Å²) in [4.78, 5) is 7.63. The molecule has 0 spiro atoms. The molecular formula is C18H20N6. The Morgan fingerprint density at radius 1 is 1.42 bits per heavy atom. The van der Waals surface area contributed by atoms with E-state index in [1.807, 2.05) is 18.5 Å². The first-order valence-corrected chi connectivity index (χ1v) is 7.96. The van der Waals surface area contributed by atoms with Gasteiger partial charge in [0.25, 0.3) is 0 Å². The summed E-state index contributed by atoms with van der Waals surface area (Å²) >= 11 is 0. The van der Waals surface area contributed by atoms with Crippen molar-refractivity contribution in [3.63, 3.8) is 0 Å². The second-order valence-corrected chi connectivity index (χ2v) is 5.90. The van der Waals surface area contributed by atoms with Crippen LogP contribution in [0.5, 0.6) is 0 Å². The zero-order valence-corrected chi connectivity index (χ0v) is 13.2. The minimum atomic E-state index is 0.101. The third kappa shape index (κ3) is 2.37. The van der Waals surface area contributed by atoms with Crippen molar-refractivity contribution in [3.05, 3.63) is 63.6 Å². The van der Waals surface area contributed by atoms with Crippen molar-refractivity contribution >= 4 is 24.2 Å². The lowest BCUT2D eigenvalue weighted by molar-refractivity contribution is 0.806. The largest absolute Gasteiger partial charge is 0.404 e. The standard InChI is InChI=1S/C18H20N6/c19-6-13(7-20)12-4-15-14-5-16(11-2-1-3-21-8-11)22-10-17(14)24-18(15)23-9-12/h1-6,8,10,16,22-24H,7,9,19-20H2/b13-6+. The number of fused-ring (bicyclic) bond motifs is 3. The van der Waals surface area contributed by atoms with Gasteiger partial charge in [-0.05, 0) is 41.1 Å². The van der Waals surface area contributed by atoms with Crippen molar-refractivity contribution in [2.24, 2.45) is 11.5 Å². The summed E-state index contributed by atoms with van der Waals surface area (Å²) in [6.07, 6.45) is 11.7. The van der Waals surface area contributed by atoms with E-state index in [1.165, 1.54) is 5.22 Å². The molecule has 0 bridgehead atoms. The molecule has 0 radical (unpaired) electrons. The first-order valence-electron chi connectivity index (χ1n) is 7.96. The van der Waals surface area contributed by atoms with Crippen molar-refractivity contribution in [1.82, 2.24) is 15.3 Å². The predicted molar refractivity (Wildman–Crippen MR) is 96.9 cm³/mol. The van der Waals surface area contributed by atoms with Gasteiger partial charge in [-0.15, -0.1) is 0 Å². The smallest absolute Gasteiger partial charge is 0.112 e. The summed E-state index contributed by atoms with van der Waals surface area (Å²) in [7, 11) is 0. The number of H-pyrrole nitrogens is 1. The Morgan fingerprint density at radius 2 is 2.33 bits per heavy atom. The number of aromatic amines is 1. The normalized spacial score (nSPS) is 19.0. The lowest BCUT2D eigenvalue weighted by Gasteiger charge is -2.18. The molecule has 0 aromatic carbocycles. The number of anilines is 1. The second-order valence-electron chi connectivity index (χ2n) is 5.90. The molecule has 4 rings (SSSR count). The van der Waals surface area contributed by atoms with Crippen LogP contribution in [0.2, 0.25) is 0 Å². The van der Waals surface area contributed by atoms with E-state index in [1.54, 1.807) is 12.4 Å². The molecule has 0 amide bonds. The van der Waals surface area contributed by atoms with Gasteiger partial charge in [-0.25, -0.2) is 0 Å². The molecule has 122 valence electrons. The van der Waals surface area contributed by atoms with Crippen molar-refractivity contribution in [2.75, 3.05) is 18.4 Å². The van der Waals surface area contributed by atoms with E-state index in [0.29, 0.717) is 13.1 Å². The van der Waals surface area contributed by atoms with Crippen LogP contribution in [0.15, 0.2) is 41.9 Å². The van der Waals surface area contributed by atoms with E-state index < -0.39 is 0 Å². The lowest BCUT2D eigenvalue weighted by atomic mass is 9.99. The maximum Gasteiger partial charge on any atom is 0.112 e. The Labute approximate surface area is 139 Å². The summed E-state index contributed by atoms with van der Waals surface area (Å²) < 4.78 is 0. The van der Waals surface area contributed by atoms with Crippen LogP contribution in [0.1, 0.15) is 17.2 Å². The Hall–Kier alpha value is -2.99. The van der Waals surface area contributed by atoms with Gasteiger partial charge in [-0.3, -0.25) is 4.98 Å². The van der Waals surface area contributed by atoms with Crippen LogP contribution in [-0.4, -0.2) is 23.1 Å². The highest BCUT2D eigenvalue weighted by Gasteiger charge is 2.18. The average Bonchev–Trinajstić information content (AvgIpc) is 3.01. The SMILES string of the molecule is N/C=C(\CN)C1=Cc2c([nH]c3c2=CC(c2cccnc2)NC=3)NC1. The number of hydrogen-bond donors (Lipinski definition) is 5. The zero-order chi connectivity index (χ0) is 16.5. The number of aromatic nitrogens is 2. The summed E-state index contributed by atoms with van der Waals surface area (Å²) in [5.41, 5.74) is 15.8. The number of nitrogens with zero attached hydrogens (tertiary/aromatic N) is 1. The van der Waals surface area contributed by atoms with Gasteiger partial charge in [-0.1, -0.05) is 6.07 Å². The van der Waals surface area contributed by atoms with Gasteiger partial charge in [0.2, 0.25) is 0 Å².